The minimum absolute atomic E-state index is 0.960. The van der Waals surface area contributed by atoms with E-state index in [0.29, 0.717) is 0 Å². The van der Waals surface area contributed by atoms with Crippen molar-refractivity contribution in [3.8, 4) is 44.5 Å². The Morgan fingerprint density at radius 2 is 0.810 bits per heavy atom. The zero-order valence-electron chi connectivity index (χ0n) is 32.5. The van der Waals surface area contributed by atoms with E-state index in [-0.39, 0.29) is 0 Å². The number of benzene rings is 8. The molecule has 0 N–H and O–H groups in total. The molecular weight excluding hydrogens is 697 g/mol. The smallest absolute Gasteiger partial charge is 0.00268 e. The normalized spacial score (nSPS) is 11.8. The lowest BCUT2D eigenvalue weighted by molar-refractivity contribution is 1.51. The molecule has 8 aromatic carbocycles. The Morgan fingerprint density at radius 3 is 1.45 bits per heavy atom. The van der Waals surface area contributed by atoms with Gasteiger partial charge in [-0.3, -0.25) is 0 Å². The molecule has 276 valence electrons. The maximum atomic E-state index is 4.53. The van der Waals surface area contributed by atoms with Gasteiger partial charge >= 0.3 is 0 Å². The van der Waals surface area contributed by atoms with Crippen molar-refractivity contribution in [2.45, 2.75) is 0 Å². The number of allylic oxidation sites excluding steroid dienone is 6. The van der Waals surface area contributed by atoms with E-state index >= 15 is 0 Å². The molecule has 0 atom stereocenters. The van der Waals surface area contributed by atoms with E-state index < -0.39 is 0 Å². The summed E-state index contributed by atoms with van der Waals surface area (Å²) in [7, 11) is 0. The summed E-state index contributed by atoms with van der Waals surface area (Å²) >= 11 is 0. The van der Waals surface area contributed by atoms with Crippen LogP contribution in [0.25, 0.3) is 67.8 Å². The fourth-order valence-corrected chi connectivity index (χ4v) is 7.40. The number of rotatable bonds is 12. The van der Waals surface area contributed by atoms with Gasteiger partial charge in [0.15, 0.2) is 0 Å². The Hall–Kier alpha value is -7.54. The molecule has 0 aliphatic rings. The van der Waals surface area contributed by atoms with Crippen molar-refractivity contribution < 1.29 is 0 Å². The second-order valence-corrected chi connectivity index (χ2v) is 14.2. The Kier molecular flexibility index (Phi) is 11.9. The van der Waals surface area contributed by atoms with Crippen LogP contribution >= 0.6 is 0 Å². The zero-order chi connectivity index (χ0) is 39.4. The molecule has 0 heteroatoms. The molecular formula is C58H44. The van der Waals surface area contributed by atoms with E-state index in [4.69, 9.17) is 0 Å². The fraction of sp³-hybridized carbons (Fsp3) is 0. The lowest BCUT2D eigenvalue weighted by atomic mass is 9.85. The highest BCUT2D eigenvalue weighted by Crippen LogP contribution is 2.42. The first kappa shape index (κ1) is 37.4. The van der Waals surface area contributed by atoms with Gasteiger partial charge in [-0.25, -0.2) is 0 Å². The monoisotopic (exact) mass is 740 g/mol. The molecule has 8 rings (SSSR count). The Morgan fingerprint density at radius 1 is 0.328 bits per heavy atom. The molecule has 0 aromatic heterocycles. The maximum Gasteiger partial charge on any atom is -0.00268 e. The molecule has 0 unspecified atom stereocenters. The largest absolute Gasteiger partial charge is 0.0911 e. The minimum atomic E-state index is 0.960. The summed E-state index contributed by atoms with van der Waals surface area (Å²) in [5.74, 6) is 0. The summed E-state index contributed by atoms with van der Waals surface area (Å²) in [5, 5.41) is 0. The third-order valence-corrected chi connectivity index (χ3v) is 10.2. The molecule has 0 bridgehead atoms. The van der Waals surface area contributed by atoms with Crippen molar-refractivity contribution in [3.63, 3.8) is 0 Å². The van der Waals surface area contributed by atoms with Crippen LogP contribution in [0.15, 0.2) is 249 Å². The molecule has 0 heterocycles. The van der Waals surface area contributed by atoms with Crippen LogP contribution in [0, 0.1) is 0 Å². The molecule has 58 heavy (non-hydrogen) atoms. The third kappa shape index (κ3) is 9.11. The standard InChI is InChI=1S/C58H44/c1-44(47-26-11-4-12-27-47)39-57(50-32-17-7-18-33-50)54-42-46(24-10-3-2-9-23-45-25-21-36-52(40-45)48-28-13-5-14-29-48)41-53(43-54)56-38-22-37-55(49-30-15-6-16-31-49)58(56)51-34-19-8-20-35-51/h2-43H,1H2/b3-2-,23-9+,24-10+,57-39-. The summed E-state index contributed by atoms with van der Waals surface area (Å²) in [6.45, 7) is 4.53. The summed E-state index contributed by atoms with van der Waals surface area (Å²) in [6, 6.07) is 75.3. The third-order valence-electron chi connectivity index (χ3n) is 10.2. The van der Waals surface area contributed by atoms with Crippen LogP contribution in [0.2, 0.25) is 0 Å². The van der Waals surface area contributed by atoms with E-state index in [0.717, 1.165) is 44.5 Å². The highest BCUT2D eigenvalue weighted by atomic mass is 14.2. The molecule has 0 amide bonds. The van der Waals surface area contributed by atoms with Crippen LogP contribution in [0.5, 0.6) is 0 Å². The SMILES string of the molecule is C=C(/C=C(/c1ccccc1)c1cc(/C=C/C=C\C=C\c2cccc(-c3ccccc3)c2)cc(-c2cccc(-c3ccccc3)c2-c2ccccc2)c1)c1ccccc1. The Labute approximate surface area is 343 Å². The predicted octanol–water partition coefficient (Wildman–Crippen LogP) is 15.8. The lowest BCUT2D eigenvalue weighted by Gasteiger charge is -2.18. The van der Waals surface area contributed by atoms with Crippen molar-refractivity contribution in [2.24, 2.45) is 0 Å². The van der Waals surface area contributed by atoms with E-state index in [1.165, 1.54) is 38.9 Å². The van der Waals surface area contributed by atoms with Crippen molar-refractivity contribution >= 4 is 23.3 Å². The molecule has 0 spiro atoms. The van der Waals surface area contributed by atoms with Crippen molar-refractivity contribution in [2.75, 3.05) is 0 Å². The first-order chi connectivity index (χ1) is 28.7. The van der Waals surface area contributed by atoms with E-state index in [1.54, 1.807) is 0 Å². The average Bonchev–Trinajstić information content (AvgIpc) is 3.30. The van der Waals surface area contributed by atoms with Crippen LogP contribution in [-0.2, 0) is 0 Å². The highest BCUT2D eigenvalue weighted by molar-refractivity contribution is 5.97. The van der Waals surface area contributed by atoms with Crippen LogP contribution in [-0.4, -0.2) is 0 Å². The summed E-state index contributed by atoms with van der Waals surface area (Å²) in [5.41, 5.74) is 17.2. The Bertz CT molecular complexity index is 2730. The van der Waals surface area contributed by atoms with Gasteiger partial charge in [0.05, 0.1) is 0 Å². The van der Waals surface area contributed by atoms with Gasteiger partial charge in [0.1, 0.15) is 0 Å². The highest BCUT2D eigenvalue weighted by Gasteiger charge is 2.16. The maximum absolute atomic E-state index is 4.53. The van der Waals surface area contributed by atoms with Gasteiger partial charge < -0.3 is 0 Å². The minimum Gasteiger partial charge on any atom is -0.0911 e. The topological polar surface area (TPSA) is 0 Å². The van der Waals surface area contributed by atoms with E-state index in [2.05, 4.69) is 255 Å². The molecule has 0 saturated heterocycles. The van der Waals surface area contributed by atoms with E-state index in [9.17, 15) is 0 Å². The molecule has 0 nitrogen and oxygen atoms in total. The number of hydrogen-bond acceptors (Lipinski definition) is 0. The molecule has 0 saturated carbocycles. The first-order valence-corrected chi connectivity index (χ1v) is 19.8. The van der Waals surface area contributed by atoms with Gasteiger partial charge in [0, 0.05) is 0 Å². The van der Waals surface area contributed by atoms with Crippen LogP contribution < -0.4 is 0 Å². The van der Waals surface area contributed by atoms with Crippen molar-refractivity contribution in [1.29, 1.82) is 0 Å². The summed E-state index contributed by atoms with van der Waals surface area (Å²) < 4.78 is 0. The zero-order valence-corrected chi connectivity index (χ0v) is 32.5. The van der Waals surface area contributed by atoms with Crippen LogP contribution in [0.3, 0.4) is 0 Å². The number of hydrogen-bond donors (Lipinski definition) is 0. The quantitative estimate of drug-likeness (QED) is 0.109. The van der Waals surface area contributed by atoms with Crippen molar-refractivity contribution in [1.82, 2.24) is 0 Å². The van der Waals surface area contributed by atoms with Crippen molar-refractivity contribution in [3.05, 3.63) is 277 Å². The van der Waals surface area contributed by atoms with Crippen LogP contribution in [0.4, 0.5) is 0 Å². The fourth-order valence-electron chi connectivity index (χ4n) is 7.40. The van der Waals surface area contributed by atoms with Gasteiger partial charge in [-0.2, -0.15) is 0 Å². The summed E-state index contributed by atoms with van der Waals surface area (Å²) in [6.07, 6.45) is 15.0. The molecule has 0 radical (unpaired) electrons. The second kappa shape index (κ2) is 18.4. The van der Waals surface area contributed by atoms with Gasteiger partial charge in [-0.15, -0.1) is 0 Å². The average molecular weight is 741 g/mol. The van der Waals surface area contributed by atoms with E-state index in [1.807, 2.05) is 6.07 Å². The van der Waals surface area contributed by atoms with Gasteiger partial charge in [-0.05, 0) is 114 Å². The van der Waals surface area contributed by atoms with Gasteiger partial charge in [0.25, 0.3) is 0 Å². The Balaban J connectivity index is 1.22. The second-order valence-electron chi connectivity index (χ2n) is 14.2. The molecule has 8 aromatic rings. The lowest BCUT2D eigenvalue weighted by Crippen LogP contribution is -1.95. The first-order valence-electron chi connectivity index (χ1n) is 19.8. The van der Waals surface area contributed by atoms with Gasteiger partial charge in [-0.1, -0.05) is 231 Å². The van der Waals surface area contributed by atoms with Crippen LogP contribution in [0.1, 0.15) is 27.8 Å². The molecule has 0 aliphatic carbocycles. The summed E-state index contributed by atoms with van der Waals surface area (Å²) in [4.78, 5) is 0. The predicted molar refractivity (Wildman–Crippen MR) is 251 cm³/mol. The van der Waals surface area contributed by atoms with Gasteiger partial charge in [0.2, 0.25) is 0 Å². The molecule has 0 fully saturated rings. The molecule has 0 aliphatic heterocycles.